The summed E-state index contributed by atoms with van der Waals surface area (Å²) in [6, 6.07) is 6.92. The van der Waals surface area contributed by atoms with Crippen LogP contribution in [0.15, 0.2) is 24.3 Å². The van der Waals surface area contributed by atoms with Crippen LogP contribution in [0, 0.1) is 18.8 Å². The summed E-state index contributed by atoms with van der Waals surface area (Å²) in [6.07, 6.45) is 3.40. The molecule has 2 aromatic carbocycles. The van der Waals surface area contributed by atoms with E-state index in [1.54, 1.807) is 18.2 Å². The molecule has 0 bridgehead atoms. The molecule has 182 valence electrons. The van der Waals surface area contributed by atoms with Crippen LogP contribution in [-0.4, -0.2) is 24.2 Å². The molecular formula is C27H32O7. The van der Waals surface area contributed by atoms with E-state index in [4.69, 9.17) is 18.9 Å². The molecule has 0 aromatic heterocycles. The average molecular weight is 469 g/mol. The summed E-state index contributed by atoms with van der Waals surface area (Å²) in [7, 11) is 1.44. The van der Waals surface area contributed by atoms with Gasteiger partial charge in [-0.2, -0.15) is 0 Å². The normalized spacial score (nSPS) is 16.6. The van der Waals surface area contributed by atoms with E-state index in [1.165, 1.54) is 7.11 Å². The smallest absolute Gasteiger partial charge is 0.346 e. The highest BCUT2D eigenvalue weighted by Gasteiger charge is 2.31. The van der Waals surface area contributed by atoms with Gasteiger partial charge in [-0.05, 0) is 61.9 Å². The molecule has 0 amide bonds. The van der Waals surface area contributed by atoms with Crippen molar-refractivity contribution < 1.29 is 33.6 Å². The number of carbonyl (C=O) groups is 2. The molecule has 0 spiro atoms. The van der Waals surface area contributed by atoms with Crippen molar-refractivity contribution in [3.8, 4) is 23.0 Å². The lowest BCUT2D eigenvalue weighted by Gasteiger charge is -2.24. The number of aryl methyl sites for hydroxylation is 1. The van der Waals surface area contributed by atoms with Crippen molar-refractivity contribution in [1.82, 2.24) is 0 Å². The summed E-state index contributed by atoms with van der Waals surface area (Å²) in [5, 5.41) is 10.7. The Kier molecular flexibility index (Phi) is 7.12. The number of aliphatic hydroxyl groups is 1. The van der Waals surface area contributed by atoms with Crippen molar-refractivity contribution >= 4 is 11.9 Å². The fraction of sp³-hybridized carbons (Fsp3) is 0.481. The van der Waals surface area contributed by atoms with Crippen LogP contribution in [0.1, 0.15) is 79.1 Å². The lowest BCUT2D eigenvalue weighted by molar-refractivity contribution is -0.138. The van der Waals surface area contributed by atoms with Crippen molar-refractivity contribution in [2.75, 3.05) is 7.11 Å². The van der Waals surface area contributed by atoms with E-state index < -0.39 is 12.1 Å². The minimum absolute atomic E-state index is 0.0504. The molecule has 1 N–H and O–H groups in total. The molecule has 1 heterocycles. The number of carbonyl (C=O) groups excluding carboxylic acids is 2. The number of fused-ring (bicyclic) bond motifs is 2. The Labute approximate surface area is 200 Å². The zero-order chi connectivity index (χ0) is 24.4. The predicted molar refractivity (Wildman–Crippen MR) is 125 cm³/mol. The van der Waals surface area contributed by atoms with Crippen molar-refractivity contribution in [3.63, 3.8) is 0 Å². The van der Waals surface area contributed by atoms with E-state index >= 15 is 0 Å². The van der Waals surface area contributed by atoms with Gasteiger partial charge in [-0.1, -0.05) is 26.7 Å². The fourth-order valence-corrected chi connectivity index (χ4v) is 4.70. The molecule has 0 radical (unpaired) electrons. The third kappa shape index (κ3) is 4.89. The number of esters is 2. The Balaban J connectivity index is 1.75. The van der Waals surface area contributed by atoms with Crippen LogP contribution >= 0.6 is 0 Å². The molecule has 2 aliphatic rings. The van der Waals surface area contributed by atoms with Crippen molar-refractivity contribution in [1.29, 1.82) is 0 Å². The van der Waals surface area contributed by atoms with Gasteiger partial charge in [0.1, 0.15) is 23.7 Å². The van der Waals surface area contributed by atoms with Gasteiger partial charge < -0.3 is 24.1 Å². The van der Waals surface area contributed by atoms with Gasteiger partial charge in [-0.25, -0.2) is 4.79 Å². The molecule has 0 saturated heterocycles. The summed E-state index contributed by atoms with van der Waals surface area (Å²) in [5.74, 6) is 0.333. The number of methoxy groups -OCH3 is 1. The summed E-state index contributed by atoms with van der Waals surface area (Å²) in [4.78, 5) is 25.8. The van der Waals surface area contributed by atoms with Gasteiger partial charge in [0.25, 0.3) is 0 Å². The first-order chi connectivity index (χ1) is 16.3. The maximum Gasteiger partial charge on any atom is 0.346 e. The second kappa shape index (κ2) is 10.1. The maximum absolute atomic E-state index is 13.0. The predicted octanol–water partition coefficient (Wildman–Crippen LogP) is 5.64. The molecule has 7 nitrogen and oxygen atoms in total. The third-order valence-electron chi connectivity index (χ3n) is 6.36. The van der Waals surface area contributed by atoms with E-state index in [2.05, 4.69) is 0 Å². The highest BCUT2D eigenvalue weighted by Crippen LogP contribution is 2.45. The van der Waals surface area contributed by atoms with Gasteiger partial charge in [0.2, 0.25) is 0 Å². The second-order valence-electron chi connectivity index (χ2n) is 9.54. The molecule has 0 unspecified atom stereocenters. The van der Waals surface area contributed by atoms with Crippen LogP contribution in [0.3, 0.4) is 0 Å². The Morgan fingerprint density at radius 1 is 1.21 bits per heavy atom. The first-order valence-corrected chi connectivity index (χ1v) is 11.9. The van der Waals surface area contributed by atoms with E-state index in [1.807, 2.05) is 26.8 Å². The van der Waals surface area contributed by atoms with E-state index in [-0.39, 0.29) is 41.5 Å². The number of aliphatic hydroxyl groups excluding tert-OH is 1. The fourth-order valence-electron chi connectivity index (χ4n) is 4.70. The second-order valence-corrected chi connectivity index (χ2v) is 9.54. The van der Waals surface area contributed by atoms with Crippen LogP contribution in [0.5, 0.6) is 23.0 Å². The molecular weight excluding hydrogens is 436 g/mol. The number of hydrogen-bond acceptors (Lipinski definition) is 7. The average Bonchev–Trinajstić information content (AvgIpc) is 3.32. The molecule has 4 rings (SSSR count). The minimum Gasteiger partial charge on any atom is -0.495 e. The number of ether oxygens (including phenoxy) is 4. The molecule has 1 atom stereocenters. The number of cyclic esters (lactones) is 1. The largest absolute Gasteiger partial charge is 0.495 e. The molecule has 1 aliphatic carbocycles. The molecule has 7 heteroatoms. The number of benzene rings is 2. The van der Waals surface area contributed by atoms with Crippen molar-refractivity contribution in [2.24, 2.45) is 11.8 Å². The van der Waals surface area contributed by atoms with E-state index in [9.17, 15) is 14.7 Å². The lowest BCUT2D eigenvalue weighted by Crippen LogP contribution is -2.19. The standard InChI is InChI=1S/C27H32O7/c1-15(2)11-20(28)19-9-10-21-23(25(19)31-4)27(30)32-14-18-12-16(3)13-22(24(18)33-21)34-26(29)17-7-5-6-8-17/h9-10,12-13,15,17,20,28H,5-8,11,14H2,1-4H3/t20-/m0/s1. The van der Waals surface area contributed by atoms with Gasteiger partial charge in [0.05, 0.1) is 19.1 Å². The van der Waals surface area contributed by atoms with E-state index in [0.717, 1.165) is 31.2 Å². The lowest BCUT2D eigenvalue weighted by atomic mass is 9.96. The molecule has 2 aromatic rings. The monoisotopic (exact) mass is 468 g/mol. The first kappa shape index (κ1) is 24.1. The molecule has 1 aliphatic heterocycles. The Morgan fingerprint density at radius 3 is 2.62 bits per heavy atom. The Hall–Kier alpha value is -3.06. The maximum atomic E-state index is 13.0. The Morgan fingerprint density at radius 2 is 1.94 bits per heavy atom. The van der Waals surface area contributed by atoms with Gasteiger partial charge >= 0.3 is 11.9 Å². The quantitative estimate of drug-likeness (QED) is 0.433. The summed E-state index contributed by atoms with van der Waals surface area (Å²) in [6.45, 7) is 5.85. The van der Waals surface area contributed by atoms with Crippen molar-refractivity contribution in [3.05, 3.63) is 46.5 Å². The van der Waals surface area contributed by atoms with Crippen LogP contribution < -0.4 is 14.2 Å². The zero-order valence-electron chi connectivity index (χ0n) is 20.2. The summed E-state index contributed by atoms with van der Waals surface area (Å²) in [5.41, 5.74) is 2.06. The van der Waals surface area contributed by atoms with Crippen LogP contribution in [0.4, 0.5) is 0 Å². The first-order valence-electron chi connectivity index (χ1n) is 11.9. The highest BCUT2D eigenvalue weighted by molar-refractivity contribution is 5.96. The number of rotatable bonds is 6. The third-order valence-corrected chi connectivity index (χ3v) is 6.36. The van der Waals surface area contributed by atoms with Crippen LogP contribution in [-0.2, 0) is 16.1 Å². The minimum atomic E-state index is -0.809. The van der Waals surface area contributed by atoms with E-state index in [0.29, 0.717) is 29.0 Å². The molecule has 1 fully saturated rings. The van der Waals surface area contributed by atoms with Crippen molar-refractivity contribution in [2.45, 2.75) is 65.6 Å². The van der Waals surface area contributed by atoms with Crippen LogP contribution in [0.25, 0.3) is 0 Å². The Bertz CT molecular complexity index is 1080. The van der Waals surface area contributed by atoms with Gasteiger partial charge in [0.15, 0.2) is 11.5 Å². The van der Waals surface area contributed by atoms with Gasteiger partial charge in [-0.3, -0.25) is 4.79 Å². The summed E-state index contributed by atoms with van der Waals surface area (Å²) < 4.78 is 23.2. The molecule has 1 saturated carbocycles. The number of hydrogen-bond donors (Lipinski definition) is 1. The molecule has 34 heavy (non-hydrogen) atoms. The summed E-state index contributed by atoms with van der Waals surface area (Å²) >= 11 is 0. The van der Waals surface area contributed by atoms with Crippen LogP contribution in [0.2, 0.25) is 0 Å². The van der Waals surface area contributed by atoms with Gasteiger partial charge in [0, 0.05) is 11.1 Å². The zero-order valence-corrected chi connectivity index (χ0v) is 20.2. The SMILES string of the molecule is COc1c([C@@H](O)CC(C)C)ccc2c1C(=O)OCc1cc(C)cc(OC(=O)C3CCCC3)c1O2. The highest BCUT2D eigenvalue weighted by atomic mass is 16.6. The topological polar surface area (TPSA) is 91.3 Å². The van der Waals surface area contributed by atoms with Gasteiger partial charge in [-0.15, -0.1) is 0 Å².